The Balaban J connectivity index is 1.45. The number of aromatic nitrogens is 1. The summed E-state index contributed by atoms with van der Waals surface area (Å²) in [5.41, 5.74) is 2.21. The Morgan fingerprint density at radius 2 is 1.94 bits per heavy atom. The van der Waals surface area contributed by atoms with Crippen molar-refractivity contribution in [2.24, 2.45) is 0 Å². The van der Waals surface area contributed by atoms with Gasteiger partial charge in [0.05, 0.1) is 15.8 Å². The van der Waals surface area contributed by atoms with Crippen LogP contribution in [-0.2, 0) is 10.0 Å². The zero-order valence-electron chi connectivity index (χ0n) is 16.9. The first-order chi connectivity index (χ1) is 14.8. The second-order valence-corrected chi connectivity index (χ2v) is 11.0. The number of likely N-dealkylation sites (tertiary alicyclic amines) is 1. The van der Waals surface area contributed by atoms with E-state index in [1.54, 1.807) is 52.5 Å². The Bertz CT molecular complexity index is 1180. The molecule has 10 heteroatoms. The number of thiazole rings is 1. The average Bonchev–Trinajstić information content (AvgIpc) is 3.23. The molecule has 0 saturated carbocycles. The Labute approximate surface area is 189 Å². The van der Waals surface area contributed by atoms with Gasteiger partial charge in [0, 0.05) is 30.1 Å². The van der Waals surface area contributed by atoms with Gasteiger partial charge >= 0.3 is 0 Å². The molecular formula is C21H23N3O4S3. The van der Waals surface area contributed by atoms with Crippen molar-refractivity contribution >= 4 is 54.9 Å². The quantitative estimate of drug-likeness (QED) is 0.564. The molecule has 1 aromatic heterocycles. The van der Waals surface area contributed by atoms with Gasteiger partial charge in [-0.1, -0.05) is 6.07 Å². The van der Waals surface area contributed by atoms with Gasteiger partial charge < -0.3 is 10.0 Å². The maximum atomic E-state index is 12.8. The maximum Gasteiger partial charge on any atom is 0.264 e. The predicted octanol–water partition coefficient (Wildman–Crippen LogP) is 3.43. The number of piperidine rings is 1. The van der Waals surface area contributed by atoms with Gasteiger partial charge in [0.25, 0.3) is 15.9 Å². The van der Waals surface area contributed by atoms with Crippen molar-refractivity contribution in [1.29, 1.82) is 0 Å². The smallest absolute Gasteiger partial charge is 0.264 e. The van der Waals surface area contributed by atoms with E-state index in [4.69, 9.17) is 0 Å². The van der Waals surface area contributed by atoms with Crippen molar-refractivity contribution in [3.05, 3.63) is 53.5 Å². The predicted molar refractivity (Wildman–Crippen MR) is 125 cm³/mol. The van der Waals surface area contributed by atoms with Crippen molar-refractivity contribution in [3.63, 3.8) is 0 Å². The van der Waals surface area contributed by atoms with Crippen LogP contribution in [0.25, 0.3) is 10.2 Å². The number of sulfonamides is 1. The van der Waals surface area contributed by atoms with Crippen molar-refractivity contribution < 1.29 is 18.3 Å². The highest BCUT2D eigenvalue weighted by atomic mass is 32.2. The van der Waals surface area contributed by atoms with Crippen LogP contribution >= 0.6 is 23.1 Å². The minimum atomic E-state index is -3.81. The summed E-state index contributed by atoms with van der Waals surface area (Å²) < 4.78 is 29.1. The number of nitrogens with one attached hydrogen (secondary N) is 1. The van der Waals surface area contributed by atoms with Crippen LogP contribution in [0, 0.1) is 0 Å². The number of hydrogen-bond donors (Lipinski definition) is 2. The van der Waals surface area contributed by atoms with Crippen LogP contribution in [0.2, 0.25) is 0 Å². The Hall–Kier alpha value is -2.14. The SMILES string of the molecule is CSCC1(O)CCN(C(=O)c2ccc(NS(=O)(=O)c3cccc4scnc34)cc2)CC1. The van der Waals surface area contributed by atoms with E-state index < -0.39 is 15.6 Å². The Kier molecular flexibility index (Phi) is 6.25. The minimum Gasteiger partial charge on any atom is -0.389 e. The van der Waals surface area contributed by atoms with Crippen LogP contribution in [0.15, 0.2) is 52.9 Å². The molecule has 31 heavy (non-hydrogen) atoms. The molecule has 0 unspecified atom stereocenters. The lowest BCUT2D eigenvalue weighted by Gasteiger charge is -2.37. The average molecular weight is 478 g/mol. The summed E-state index contributed by atoms with van der Waals surface area (Å²) in [4.78, 5) is 18.8. The molecule has 164 valence electrons. The molecule has 7 nitrogen and oxygen atoms in total. The maximum absolute atomic E-state index is 12.8. The fourth-order valence-electron chi connectivity index (χ4n) is 3.69. The zero-order valence-corrected chi connectivity index (χ0v) is 19.4. The first-order valence-electron chi connectivity index (χ1n) is 9.77. The molecule has 1 saturated heterocycles. The summed E-state index contributed by atoms with van der Waals surface area (Å²) in [6.45, 7) is 1.00. The number of hydrogen-bond acceptors (Lipinski definition) is 7. The summed E-state index contributed by atoms with van der Waals surface area (Å²) >= 11 is 2.99. The summed E-state index contributed by atoms with van der Waals surface area (Å²) in [7, 11) is -3.81. The topological polar surface area (TPSA) is 99.6 Å². The van der Waals surface area contributed by atoms with E-state index in [1.165, 1.54) is 17.4 Å². The number of anilines is 1. The number of para-hydroxylation sites is 1. The molecular weight excluding hydrogens is 454 g/mol. The fraction of sp³-hybridized carbons (Fsp3) is 0.333. The number of aliphatic hydroxyl groups is 1. The van der Waals surface area contributed by atoms with Crippen LogP contribution in [0.5, 0.6) is 0 Å². The molecule has 1 amide bonds. The summed E-state index contributed by atoms with van der Waals surface area (Å²) in [6, 6.07) is 11.4. The van der Waals surface area contributed by atoms with E-state index in [2.05, 4.69) is 9.71 Å². The van der Waals surface area contributed by atoms with E-state index in [0.717, 1.165) is 4.70 Å². The van der Waals surface area contributed by atoms with Gasteiger partial charge in [-0.2, -0.15) is 11.8 Å². The Morgan fingerprint density at radius 1 is 1.23 bits per heavy atom. The lowest BCUT2D eigenvalue weighted by Crippen LogP contribution is -2.48. The monoisotopic (exact) mass is 477 g/mol. The number of carbonyl (C=O) groups excluding carboxylic acids is 1. The van der Waals surface area contributed by atoms with E-state index in [9.17, 15) is 18.3 Å². The molecule has 0 bridgehead atoms. The molecule has 2 heterocycles. The van der Waals surface area contributed by atoms with E-state index >= 15 is 0 Å². The lowest BCUT2D eigenvalue weighted by molar-refractivity contribution is 0.00167. The van der Waals surface area contributed by atoms with Crippen LogP contribution in [0.4, 0.5) is 5.69 Å². The number of benzene rings is 2. The number of amides is 1. The fourth-order valence-corrected chi connectivity index (χ4v) is 6.51. The molecule has 2 aromatic carbocycles. The van der Waals surface area contributed by atoms with Crippen molar-refractivity contribution in [3.8, 4) is 0 Å². The standard InChI is InChI=1S/C21H23N3O4S3/c1-29-13-21(26)9-11-24(12-10-21)20(25)15-5-7-16(8-6-15)23-31(27,28)18-4-2-3-17-19(18)22-14-30-17/h2-8,14,23,26H,9-13H2,1H3. The molecule has 0 radical (unpaired) electrons. The van der Waals surface area contributed by atoms with Crippen molar-refractivity contribution in [2.45, 2.75) is 23.3 Å². The summed E-state index contributed by atoms with van der Waals surface area (Å²) in [5, 5.41) is 10.5. The second-order valence-electron chi connectivity index (χ2n) is 7.59. The number of nitrogens with zero attached hydrogens (tertiary/aromatic N) is 2. The third kappa shape index (κ3) is 4.72. The first-order valence-corrected chi connectivity index (χ1v) is 13.5. The van der Waals surface area contributed by atoms with Gasteiger partial charge in [-0.15, -0.1) is 11.3 Å². The third-order valence-electron chi connectivity index (χ3n) is 5.39. The lowest BCUT2D eigenvalue weighted by atomic mass is 9.93. The zero-order chi connectivity index (χ0) is 22.1. The Morgan fingerprint density at radius 3 is 2.61 bits per heavy atom. The molecule has 2 N–H and O–H groups in total. The number of thioether (sulfide) groups is 1. The highest BCUT2D eigenvalue weighted by Gasteiger charge is 2.33. The number of carbonyl (C=O) groups is 1. The number of fused-ring (bicyclic) bond motifs is 1. The van der Waals surface area contributed by atoms with E-state index in [-0.39, 0.29) is 10.8 Å². The van der Waals surface area contributed by atoms with Gasteiger partial charge in [0.15, 0.2) is 0 Å². The highest BCUT2D eigenvalue weighted by molar-refractivity contribution is 7.98. The van der Waals surface area contributed by atoms with E-state index in [1.807, 2.05) is 12.3 Å². The van der Waals surface area contributed by atoms with Gasteiger partial charge in [0.1, 0.15) is 10.4 Å². The van der Waals surface area contributed by atoms with Crippen LogP contribution in [-0.4, -0.2) is 60.0 Å². The molecule has 0 spiro atoms. The van der Waals surface area contributed by atoms with Gasteiger partial charge in [-0.25, -0.2) is 13.4 Å². The van der Waals surface area contributed by atoms with Gasteiger partial charge in [0.2, 0.25) is 0 Å². The normalized spacial score (nSPS) is 16.4. The minimum absolute atomic E-state index is 0.118. The number of rotatable bonds is 6. The van der Waals surface area contributed by atoms with Gasteiger partial charge in [-0.3, -0.25) is 9.52 Å². The molecule has 1 fully saturated rings. The molecule has 0 atom stereocenters. The third-order valence-corrected chi connectivity index (χ3v) is 8.42. The van der Waals surface area contributed by atoms with Crippen molar-refractivity contribution in [1.82, 2.24) is 9.88 Å². The largest absolute Gasteiger partial charge is 0.389 e. The van der Waals surface area contributed by atoms with E-state index in [0.29, 0.717) is 48.5 Å². The van der Waals surface area contributed by atoms with Crippen LogP contribution in [0.3, 0.4) is 0 Å². The molecule has 1 aliphatic rings. The van der Waals surface area contributed by atoms with Crippen molar-refractivity contribution in [2.75, 3.05) is 29.8 Å². The summed E-state index contributed by atoms with van der Waals surface area (Å²) in [5.74, 6) is 0.547. The summed E-state index contributed by atoms with van der Waals surface area (Å²) in [6.07, 6.45) is 3.07. The van der Waals surface area contributed by atoms with Crippen LogP contribution in [0.1, 0.15) is 23.2 Å². The molecule has 0 aliphatic carbocycles. The molecule has 4 rings (SSSR count). The van der Waals surface area contributed by atoms with Gasteiger partial charge in [-0.05, 0) is 55.5 Å². The molecule has 3 aromatic rings. The highest BCUT2D eigenvalue weighted by Crippen LogP contribution is 2.28. The first kappa shape index (κ1) is 22.1. The molecule has 1 aliphatic heterocycles. The van der Waals surface area contributed by atoms with Crippen LogP contribution < -0.4 is 4.72 Å². The second kappa shape index (κ2) is 8.78.